The molecular formula is C12H9Cl2NO4. The fourth-order valence-electron chi connectivity index (χ4n) is 1.29. The zero-order chi connectivity index (χ0) is 13.8. The molecule has 0 N–H and O–H groups in total. The molecule has 0 saturated heterocycles. The van der Waals surface area contributed by atoms with Crippen LogP contribution in [-0.2, 0) is 4.74 Å². The molecule has 0 aliphatic carbocycles. The first-order chi connectivity index (χ1) is 9.08. The predicted molar refractivity (Wildman–Crippen MR) is 69.0 cm³/mol. The van der Waals surface area contributed by atoms with Gasteiger partial charge in [0.2, 0.25) is 0 Å². The monoisotopic (exact) mass is 301 g/mol. The van der Waals surface area contributed by atoms with Crippen molar-refractivity contribution in [3.63, 3.8) is 0 Å². The van der Waals surface area contributed by atoms with Gasteiger partial charge in [0.25, 0.3) is 0 Å². The van der Waals surface area contributed by atoms with Gasteiger partial charge >= 0.3 is 12.0 Å². The molecule has 1 aromatic carbocycles. The van der Waals surface area contributed by atoms with Crippen LogP contribution in [0.4, 0.5) is 0 Å². The summed E-state index contributed by atoms with van der Waals surface area (Å²) in [6, 6.07) is 4.65. The lowest BCUT2D eigenvalue weighted by Crippen LogP contribution is -2.04. The number of hydrogen-bond donors (Lipinski definition) is 0. The van der Waals surface area contributed by atoms with Crippen molar-refractivity contribution in [1.29, 1.82) is 0 Å². The molecule has 5 nitrogen and oxygen atoms in total. The summed E-state index contributed by atoms with van der Waals surface area (Å²) in [4.78, 5) is 15.2. The van der Waals surface area contributed by atoms with Crippen molar-refractivity contribution in [2.75, 3.05) is 6.61 Å². The Bertz CT molecular complexity index is 577. The fourth-order valence-corrected chi connectivity index (χ4v) is 1.80. The molecule has 0 fully saturated rings. The Morgan fingerprint density at radius 1 is 1.32 bits per heavy atom. The lowest BCUT2D eigenvalue weighted by Gasteiger charge is -2.01. The van der Waals surface area contributed by atoms with Gasteiger partial charge in [-0.25, -0.2) is 4.79 Å². The first kappa shape index (κ1) is 13.7. The Labute approximate surface area is 119 Å². The Hall–Kier alpha value is -1.72. The number of aromatic nitrogens is 1. The van der Waals surface area contributed by atoms with E-state index in [1.54, 1.807) is 25.1 Å². The minimum atomic E-state index is -0.578. The predicted octanol–water partition coefficient (Wildman–Crippen LogP) is 3.95. The molecule has 0 atom stereocenters. The summed E-state index contributed by atoms with van der Waals surface area (Å²) in [5, 5.41) is 0.833. The average molecular weight is 302 g/mol. The van der Waals surface area contributed by atoms with Gasteiger partial charge in [0.1, 0.15) is 12.0 Å². The summed E-state index contributed by atoms with van der Waals surface area (Å²) >= 11 is 11.6. The number of rotatable bonds is 4. The van der Waals surface area contributed by atoms with Crippen molar-refractivity contribution in [2.24, 2.45) is 0 Å². The van der Waals surface area contributed by atoms with Crippen molar-refractivity contribution < 1.29 is 18.7 Å². The van der Waals surface area contributed by atoms with Gasteiger partial charge in [-0.2, -0.15) is 4.98 Å². The van der Waals surface area contributed by atoms with E-state index in [0.717, 1.165) is 6.26 Å². The van der Waals surface area contributed by atoms with Crippen molar-refractivity contribution in [3.8, 4) is 11.8 Å². The third-order valence-electron chi connectivity index (χ3n) is 2.01. The number of esters is 1. The molecule has 0 amide bonds. The normalized spacial score (nSPS) is 10.3. The minimum absolute atomic E-state index is 0.0324. The molecular weight excluding hydrogens is 293 g/mol. The van der Waals surface area contributed by atoms with E-state index in [1.807, 2.05) is 0 Å². The minimum Gasteiger partial charge on any atom is -0.461 e. The van der Waals surface area contributed by atoms with Crippen LogP contribution in [0.1, 0.15) is 17.4 Å². The number of carbonyl (C=O) groups is 1. The number of carbonyl (C=O) groups excluding carboxylic acids is 1. The maximum absolute atomic E-state index is 11.4. The van der Waals surface area contributed by atoms with Crippen LogP contribution in [0.2, 0.25) is 10.0 Å². The third-order valence-corrected chi connectivity index (χ3v) is 2.45. The summed E-state index contributed by atoms with van der Waals surface area (Å²) in [5.41, 5.74) is 0.0324. The molecule has 0 aliphatic rings. The number of hydrogen-bond acceptors (Lipinski definition) is 5. The summed E-state index contributed by atoms with van der Waals surface area (Å²) in [6.45, 7) is 1.95. The highest BCUT2D eigenvalue weighted by Gasteiger charge is 2.14. The van der Waals surface area contributed by atoms with Gasteiger partial charge in [0, 0.05) is 10.0 Å². The molecule has 1 heterocycles. The Morgan fingerprint density at radius 2 is 2.00 bits per heavy atom. The first-order valence-corrected chi connectivity index (χ1v) is 6.10. The van der Waals surface area contributed by atoms with Crippen LogP contribution in [0.15, 0.2) is 28.9 Å². The highest BCUT2D eigenvalue weighted by molar-refractivity contribution is 6.34. The molecule has 0 radical (unpaired) electrons. The molecule has 0 spiro atoms. The van der Waals surface area contributed by atoms with E-state index in [-0.39, 0.29) is 18.4 Å². The SMILES string of the molecule is CCOC(=O)c1coc(Oc2cc(Cl)cc(Cl)c2)n1. The van der Waals surface area contributed by atoms with E-state index in [0.29, 0.717) is 15.8 Å². The van der Waals surface area contributed by atoms with Crippen LogP contribution in [0.5, 0.6) is 11.8 Å². The van der Waals surface area contributed by atoms with Crippen LogP contribution < -0.4 is 4.74 Å². The molecule has 1 aromatic heterocycles. The number of benzene rings is 1. The maximum Gasteiger partial charge on any atom is 0.399 e. The number of oxazole rings is 1. The van der Waals surface area contributed by atoms with E-state index in [2.05, 4.69) is 4.98 Å². The van der Waals surface area contributed by atoms with Crippen molar-refractivity contribution in [2.45, 2.75) is 6.92 Å². The van der Waals surface area contributed by atoms with Gasteiger partial charge in [-0.1, -0.05) is 23.2 Å². The molecule has 100 valence electrons. The molecule has 0 aliphatic heterocycles. The van der Waals surface area contributed by atoms with E-state index in [1.165, 1.54) is 0 Å². The van der Waals surface area contributed by atoms with Crippen molar-refractivity contribution in [3.05, 3.63) is 40.2 Å². The standard InChI is InChI=1S/C12H9Cl2NO4/c1-2-17-11(16)10-6-18-12(15-10)19-9-4-7(13)3-8(14)5-9/h3-6H,2H2,1H3. The van der Waals surface area contributed by atoms with Crippen molar-refractivity contribution in [1.82, 2.24) is 4.98 Å². The molecule has 7 heteroatoms. The lowest BCUT2D eigenvalue weighted by atomic mass is 10.3. The van der Waals surface area contributed by atoms with Crippen LogP contribution in [0.25, 0.3) is 0 Å². The van der Waals surface area contributed by atoms with Gasteiger partial charge in [-0.15, -0.1) is 0 Å². The van der Waals surface area contributed by atoms with E-state index in [4.69, 9.17) is 37.1 Å². The van der Waals surface area contributed by atoms with Gasteiger partial charge in [-0.05, 0) is 25.1 Å². The molecule has 19 heavy (non-hydrogen) atoms. The second kappa shape index (κ2) is 5.95. The fraction of sp³-hybridized carbons (Fsp3) is 0.167. The Kier molecular flexibility index (Phi) is 4.29. The van der Waals surface area contributed by atoms with E-state index >= 15 is 0 Å². The van der Waals surface area contributed by atoms with Crippen LogP contribution in [-0.4, -0.2) is 17.6 Å². The summed E-state index contributed by atoms with van der Waals surface area (Å²) < 4.78 is 15.1. The molecule has 0 bridgehead atoms. The average Bonchev–Trinajstić information content (AvgIpc) is 2.76. The molecule has 0 saturated carbocycles. The van der Waals surface area contributed by atoms with Crippen LogP contribution in [0, 0.1) is 0 Å². The topological polar surface area (TPSA) is 61.6 Å². The van der Waals surface area contributed by atoms with E-state index in [9.17, 15) is 4.79 Å². The van der Waals surface area contributed by atoms with Gasteiger partial charge in [0.05, 0.1) is 6.61 Å². The third kappa shape index (κ3) is 3.62. The maximum atomic E-state index is 11.4. The second-order valence-corrected chi connectivity index (χ2v) is 4.30. The second-order valence-electron chi connectivity index (χ2n) is 3.43. The molecule has 2 rings (SSSR count). The van der Waals surface area contributed by atoms with Gasteiger partial charge < -0.3 is 13.9 Å². The van der Waals surface area contributed by atoms with Crippen molar-refractivity contribution >= 4 is 29.2 Å². The van der Waals surface area contributed by atoms with Gasteiger partial charge in [0.15, 0.2) is 5.69 Å². The Balaban J connectivity index is 2.13. The zero-order valence-corrected chi connectivity index (χ0v) is 11.4. The Morgan fingerprint density at radius 3 is 2.63 bits per heavy atom. The first-order valence-electron chi connectivity index (χ1n) is 5.35. The number of halogens is 2. The van der Waals surface area contributed by atoms with Crippen LogP contribution in [0.3, 0.4) is 0 Å². The highest BCUT2D eigenvalue weighted by atomic mass is 35.5. The number of nitrogens with zero attached hydrogens (tertiary/aromatic N) is 1. The van der Waals surface area contributed by atoms with E-state index < -0.39 is 5.97 Å². The lowest BCUT2D eigenvalue weighted by molar-refractivity contribution is 0.0519. The summed E-state index contributed by atoms with van der Waals surface area (Å²) in [5.74, 6) is -0.222. The molecule has 0 unspecified atom stereocenters. The summed E-state index contributed by atoms with van der Waals surface area (Å²) in [6.07, 6.45) is 1.06. The molecule has 2 aromatic rings. The largest absolute Gasteiger partial charge is 0.461 e. The van der Waals surface area contributed by atoms with Gasteiger partial charge in [-0.3, -0.25) is 0 Å². The zero-order valence-electron chi connectivity index (χ0n) is 9.85. The quantitative estimate of drug-likeness (QED) is 0.800. The smallest absolute Gasteiger partial charge is 0.399 e. The van der Waals surface area contributed by atoms with Crippen LogP contribution >= 0.6 is 23.2 Å². The summed E-state index contributed by atoms with van der Waals surface area (Å²) in [7, 11) is 0. The number of ether oxygens (including phenoxy) is 2. The highest BCUT2D eigenvalue weighted by Crippen LogP contribution is 2.27.